The van der Waals surface area contributed by atoms with Gasteiger partial charge in [-0.2, -0.15) is 0 Å². The fourth-order valence-corrected chi connectivity index (χ4v) is 4.48. The number of hydrogen-bond acceptors (Lipinski definition) is 6. The highest BCUT2D eigenvalue weighted by molar-refractivity contribution is 5.81. The first-order valence-electron chi connectivity index (χ1n) is 10.4. The molecule has 0 aromatic carbocycles. The van der Waals surface area contributed by atoms with Crippen molar-refractivity contribution in [3.63, 3.8) is 0 Å². The second-order valence-corrected chi connectivity index (χ2v) is 7.86. The number of carbonyl (C=O) groups is 1. The Morgan fingerprint density at radius 1 is 1.00 bits per heavy atom. The van der Waals surface area contributed by atoms with Crippen molar-refractivity contribution in [1.82, 2.24) is 19.8 Å². The van der Waals surface area contributed by atoms with Gasteiger partial charge in [0.2, 0.25) is 5.91 Å². The summed E-state index contributed by atoms with van der Waals surface area (Å²) in [5, 5.41) is 0. The lowest BCUT2D eigenvalue weighted by Gasteiger charge is -2.40. The zero-order valence-electron chi connectivity index (χ0n) is 16.6. The van der Waals surface area contributed by atoms with Gasteiger partial charge in [-0.1, -0.05) is 0 Å². The van der Waals surface area contributed by atoms with Gasteiger partial charge in [0.25, 0.3) is 0 Å². The Labute approximate surface area is 161 Å². The molecule has 3 heterocycles. The molecule has 2 fully saturated rings. The van der Waals surface area contributed by atoms with Gasteiger partial charge in [0.1, 0.15) is 11.6 Å². The standard InChI is InChI=1S/C20H31N5O2/c1-15(20(26)25-11-13-27-14-12-25)23-7-9-24(10-8-23)19-17-5-3-4-6-18(17)21-16(2)22-19/h15H,3-14H2,1-2H3. The average Bonchev–Trinajstić information content (AvgIpc) is 2.73. The van der Waals surface area contributed by atoms with Crippen molar-refractivity contribution in [1.29, 1.82) is 0 Å². The fraction of sp³-hybridized carbons (Fsp3) is 0.750. The summed E-state index contributed by atoms with van der Waals surface area (Å²) in [5.41, 5.74) is 2.61. The van der Waals surface area contributed by atoms with E-state index in [9.17, 15) is 4.79 Å². The van der Waals surface area contributed by atoms with Crippen LogP contribution in [-0.4, -0.2) is 84.2 Å². The first-order valence-corrected chi connectivity index (χ1v) is 10.4. The normalized spacial score (nSPS) is 22.4. The quantitative estimate of drug-likeness (QED) is 0.789. The first kappa shape index (κ1) is 18.6. The van der Waals surface area contributed by atoms with Crippen LogP contribution in [0.4, 0.5) is 5.82 Å². The minimum atomic E-state index is -0.0636. The van der Waals surface area contributed by atoms with Crippen LogP contribution in [0.25, 0.3) is 0 Å². The third kappa shape index (κ3) is 3.94. The molecule has 4 rings (SSSR count). The van der Waals surface area contributed by atoms with E-state index in [0.29, 0.717) is 13.2 Å². The van der Waals surface area contributed by atoms with Crippen LogP contribution in [0.5, 0.6) is 0 Å². The number of morpholine rings is 1. The zero-order valence-corrected chi connectivity index (χ0v) is 16.6. The summed E-state index contributed by atoms with van der Waals surface area (Å²) in [4.78, 5) is 28.9. The summed E-state index contributed by atoms with van der Waals surface area (Å²) in [5.74, 6) is 2.26. The summed E-state index contributed by atoms with van der Waals surface area (Å²) in [6.07, 6.45) is 4.64. The van der Waals surface area contributed by atoms with E-state index in [1.54, 1.807) is 0 Å². The van der Waals surface area contributed by atoms with E-state index in [4.69, 9.17) is 9.72 Å². The molecule has 1 unspecified atom stereocenters. The van der Waals surface area contributed by atoms with Crippen LogP contribution in [-0.2, 0) is 22.4 Å². The lowest BCUT2D eigenvalue weighted by molar-refractivity contribution is -0.140. The number of rotatable bonds is 3. The number of aromatic nitrogens is 2. The predicted octanol–water partition coefficient (Wildman–Crippen LogP) is 1.03. The van der Waals surface area contributed by atoms with Gasteiger partial charge >= 0.3 is 0 Å². The number of ether oxygens (including phenoxy) is 1. The van der Waals surface area contributed by atoms with Crippen LogP contribution in [0, 0.1) is 6.92 Å². The molecule has 1 aliphatic carbocycles. The summed E-state index contributed by atoms with van der Waals surface area (Å²) < 4.78 is 5.37. The predicted molar refractivity (Wildman–Crippen MR) is 104 cm³/mol. The Morgan fingerprint density at radius 2 is 1.70 bits per heavy atom. The van der Waals surface area contributed by atoms with E-state index in [1.165, 1.54) is 24.1 Å². The van der Waals surface area contributed by atoms with E-state index in [2.05, 4.69) is 14.8 Å². The number of aryl methyl sites for hydroxylation is 2. The van der Waals surface area contributed by atoms with Crippen LogP contribution in [0.1, 0.15) is 36.8 Å². The SMILES string of the molecule is Cc1nc2c(c(N3CCN(C(C)C(=O)N4CCOCC4)CC3)n1)CCCC2. The summed E-state index contributed by atoms with van der Waals surface area (Å²) in [7, 11) is 0. The van der Waals surface area contributed by atoms with Crippen molar-refractivity contribution >= 4 is 11.7 Å². The maximum atomic E-state index is 12.8. The second kappa shape index (κ2) is 8.10. The molecular formula is C20H31N5O2. The van der Waals surface area contributed by atoms with E-state index in [-0.39, 0.29) is 11.9 Å². The van der Waals surface area contributed by atoms with Crippen LogP contribution in [0.3, 0.4) is 0 Å². The molecule has 0 bridgehead atoms. The Kier molecular flexibility index (Phi) is 5.59. The zero-order chi connectivity index (χ0) is 18.8. The molecule has 0 spiro atoms. The monoisotopic (exact) mass is 373 g/mol. The summed E-state index contributed by atoms with van der Waals surface area (Å²) in [6, 6.07) is -0.0636. The number of anilines is 1. The molecule has 0 N–H and O–H groups in total. The molecule has 3 aliphatic rings. The van der Waals surface area contributed by atoms with Gasteiger partial charge in [0.05, 0.1) is 19.3 Å². The molecule has 2 saturated heterocycles. The molecule has 1 amide bonds. The number of piperazine rings is 1. The highest BCUT2D eigenvalue weighted by Crippen LogP contribution is 2.28. The average molecular weight is 374 g/mol. The Morgan fingerprint density at radius 3 is 2.44 bits per heavy atom. The van der Waals surface area contributed by atoms with E-state index in [0.717, 1.165) is 63.8 Å². The number of carbonyl (C=O) groups excluding carboxylic acids is 1. The maximum Gasteiger partial charge on any atom is 0.239 e. The van der Waals surface area contributed by atoms with Gasteiger partial charge in [-0.05, 0) is 39.5 Å². The van der Waals surface area contributed by atoms with Gasteiger partial charge in [0, 0.05) is 50.5 Å². The molecule has 1 aromatic heterocycles. The Balaban J connectivity index is 1.40. The topological polar surface area (TPSA) is 61.8 Å². The Hall–Kier alpha value is -1.73. The smallest absolute Gasteiger partial charge is 0.239 e. The van der Waals surface area contributed by atoms with Crippen LogP contribution < -0.4 is 4.90 Å². The van der Waals surface area contributed by atoms with Gasteiger partial charge in [-0.25, -0.2) is 9.97 Å². The van der Waals surface area contributed by atoms with Crippen molar-refractivity contribution in [3.05, 3.63) is 17.1 Å². The second-order valence-electron chi connectivity index (χ2n) is 7.86. The van der Waals surface area contributed by atoms with Gasteiger partial charge in [0.15, 0.2) is 0 Å². The highest BCUT2D eigenvalue weighted by Gasteiger charge is 2.31. The molecule has 7 nitrogen and oxygen atoms in total. The summed E-state index contributed by atoms with van der Waals surface area (Å²) >= 11 is 0. The van der Waals surface area contributed by atoms with Crippen molar-refractivity contribution in [2.45, 2.75) is 45.6 Å². The minimum Gasteiger partial charge on any atom is -0.378 e. The molecular weight excluding hydrogens is 342 g/mol. The molecule has 1 atom stereocenters. The van der Waals surface area contributed by atoms with Crippen LogP contribution in [0.2, 0.25) is 0 Å². The maximum absolute atomic E-state index is 12.8. The first-order chi connectivity index (χ1) is 13.1. The molecule has 1 aromatic rings. The van der Waals surface area contributed by atoms with Gasteiger partial charge in [-0.15, -0.1) is 0 Å². The van der Waals surface area contributed by atoms with Crippen molar-refractivity contribution in [3.8, 4) is 0 Å². The molecule has 148 valence electrons. The molecule has 7 heteroatoms. The van der Waals surface area contributed by atoms with Crippen LogP contribution >= 0.6 is 0 Å². The number of amides is 1. The lowest BCUT2D eigenvalue weighted by atomic mass is 9.96. The number of nitrogens with zero attached hydrogens (tertiary/aromatic N) is 5. The van der Waals surface area contributed by atoms with Gasteiger partial charge in [-0.3, -0.25) is 9.69 Å². The third-order valence-electron chi connectivity index (χ3n) is 6.11. The lowest BCUT2D eigenvalue weighted by Crippen LogP contribution is -2.56. The van der Waals surface area contributed by atoms with E-state index in [1.807, 2.05) is 18.7 Å². The molecule has 0 radical (unpaired) electrons. The molecule has 27 heavy (non-hydrogen) atoms. The fourth-order valence-electron chi connectivity index (χ4n) is 4.48. The Bertz CT molecular complexity index is 681. The minimum absolute atomic E-state index is 0.0636. The van der Waals surface area contributed by atoms with Crippen molar-refractivity contribution in [2.75, 3.05) is 57.4 Å². The largest absolute Gasteiger partial charge is 0.378 e. The van der Waals surface area contributed by atoms with Crippen LogP contribution in [0.15, 0.2) is 0 Å². The van der Waals surface area contributed by atoms with Gasteiger partial charge < -0.3 is 14.5 Å². The highest BCUT2D eigenvalue weighted by atomic mass is 16.5. The summed E-state index contributed by atoms with van der Waals surface area (Å²) in [6.45, 7) is 10.4. The van der Waals surface area contributed by atoms with Crippen molar-refractivity contribution in [2.24, 2.45) is 0 Å². The van der Waals surface area contributed by atoms with E-state index >= 15 is 0 Å². The molecule has 2 aliphatic heterocycles. The number of hydrogen-bond donors (Lipinski definition) is 0. The van der Waals surface area contributed by atoms with E-state index < -0.39 is 0 Å². The third-order valence-corrected chi connectivity index (χ3v) is 6.11. The van der Waals surface area contributed by atoms with Crippen molar-refractivity contribution < 1.29 is 9.53 Å². The molecule has 0 saturated carbocycles. The number of fused-ring (bicyclic) bond motifs is 1.